The molecule has 0 unspecified atom stereocenters. The molecular formula is C23H29N3O3. The Labute approximate surface area is 172 Å². The average molecular weight is 396 g/mol. The molecule has 1 saturated heterocycles. The first kappa shape index (κ1) is 18.9. The van der Waals surface area contributed by atoms with Gasteiger partial charge in [0.2, 0.25) is 0 Å². The fourth-order valence-electron chi connectivity index (χ4n) is 8.12. The van der Waals surface area contributed by atoms with Gasteiger partial charge in [0.1, 0.15) is 5.78 Å². The Morgan fingerprint density at radius 3 is 1.97 bits per heavy atom. The zero-order valence-corrected chi connectivity index (χ0v) is 17.2. The van der Waals surface area contributed by atoms with Gasteiger partial charge in [-0.2, -0.15) is 10.5 Å². The molecule has 1 heterocycles. The van der Waals surface area contributed by atoms with Crippen LogP contribution in [0.4, 0.5) is 4.79 Å². The highest BCUT2D eigenvalue weighted by atomic mass is 16.6. The van der Waals surface area contributed by atoms with Crippen LogP contribution in [0.2, 0.25) is 0 Å². The van der Waals surface area contributed by atoms with E-state index in [1.54, 1.807) is 11.8 Å². The summed E-state index contributed by atoms with van der Waals surface area (Å²) in [5, 5.41) is 20.0. The highest BCUT2D eigenvalue weighted by Crippen LogP contribution is 2.76. The molecule has 6 nitrogen and oxygen atoms in total. The summed E-state index contributed by atoms with van der Waals surface area (Å²) in [7, 11) is 0. The monoisotopic (exact) mass is 395 g/mol. The van der Waals surface area contributed by atoms with Crippen molar-refractivity contribution in [1.82, 2.24) is 4.90 Å². The number of carbonyl (C=O) groups is 2. The van der Waals surface area contributed by atoms with E-state index in [0.29, 0.717) is 50.3 Å². The lowest BCUT2D eigenvalue weighted by molar-refractivity contribution is -0.146. The van der Waals surface area contributed by atoms with E-state index in [4.69, 9.17) is 4.74 Å². The van der Waals surface area contributed by atoms with Crippen molar-refractivity contribution < 1.29 is 14.3 Å². The van der Waals surface area contributed by atoms with Crippen LogP contribution in [0.5, 0.6) is 0 Å². The molecule has 0 aromatic heterocycles. The Bertz CT molecular complexity index is 778. The minimum Gasteiger partial charge on any atom is -0.450 e. The van der Waals surface area contributed by atoms with Gasteiger partial charge >= 0.3 is 6.09 Å². The minimum atomic E-state index is -1.21. The number of nitriles is 2. The molecule has 5 aliphatic carbocycles. The molecule has 0 aromatic rings. The summed E-state index contributed by atoms with van der Waals surface area (Å²) in [5.41, 5.74) is -2.09. The number of ketones is 1. The van der Waals surface area contributed by atoms with E-state index in [9.17, 15) is 20.1 Å². The number of nitrogens with zero attached hydrogens (tertiary/aromatic N) is 3. The zero-order chi connectivity index (χ0) is 20.4. The molecule has 6 heteroatoms. The lowest BCUT2D eigenvalue weighted by atomic mass is 9.48. The van der Waals surface area contributed by atoms with Crippen LogP contribution in [0, 0.1) is 62.6 Å². The highest BCUT2D eigenvalue weighted by Gasteiger charge is 2.82. The van der Waals surface area contributed by atoms with Gasteiger partial charge in [-0.3, -0.25) is 4.79 Å². The molecule has 1 spiro atoms. The fourth-order valence-corrected chi connectivity index (χ4v) is 8.12. The summed E-state index contributed by atoms with van der Waals surface area (Å²) in [6.07, 6.45) is 7.41. The predicted octanol–water partition coefficient (Wildman–Crippen LogP) is 3.67. The number of Topliss-reactive ketones (excluding diaryl/α,β-unsaturated/α-hetero) is 1. The van der Waals surface area contributed by atoms with Crippen LogP contribution in [0.3, 0.4) is 0 Å². The lowest BCUT2D eigenvalue weighted by Crippen LogP contribution is -2.51. The molecule has 5 saturated carbocycles. The number of amides is 1. The Kier molecular flexibility index (Phi) is 4.05. The average Bonchev–Trinajstić information content (AvgIpc) is 3.27. The highest BCUT2D eigenvalue weighted by molar-refractivity contribution is 5.94. The standard InChI is InChI=1S/C23H29N3O3/c1-2-29-20(28)26-5-3-22(4-6-26)18(23(22,13-24)14-25)19(27)21-10-15-7-16(11-21)9-17(8-15)12-21/h15-18H,2-12H2,1H3/t15?,16?,17?,18-,21?/m0/s1. The number of ether oxygens (including phenoxy) is 1. The number of piperidine rings is 1. The van der Waals surface area contributed by atoms with Gasteiger partial charge in [0.15, 0.2) is 5.41 Å². The summed E-state index contributed by atoms with van der Waals surface area (Å²) < 4.78 is 5.10. The smallest absolute Gasteiger partial charge is 0.409 e. The van der Waals surface area contributed by atoms with E-state index in [1.807, 2.05) is 0 Å². The molecule has 0 aromatic carbocycles. The number of carbonyl (C=O) groups excluding carboxylic acids is 2. The fraction of sp³-hybridized carbons (Fsp3) is 0.826. The molecule has 1 aliphatic heterocycles. The van der Waals surface area contributed by atoms with E-state index in [0.717, 1.165) is 19.3 Å². The zero-order valence-electron chi connectivity index (χ0n) is 17.2. The summed E-state index contributed by atoms with van der Waals surface area (Å²) in [6.45, 7) is 3.01. The molecule has 1 amide bonds. The van der Waals surface area contributed by atoms with Crippen LogP contribution in [0.25, 0.3) is 0 Å². The molecule has 0 radical (unpaired) electrons. The maximum Gasteiger partial charge on any atom is 0.409 e. The van der Waals surface area contributed by atoms with Gasteiger partial charge in [-0.05, 0) is 76.0 Å². The summed E-state index contributed by atoms with van der Waals surface area (Å²) >= 11 is 0. The predicted molar refractivity (Wildman–Crippen MR) is 103 cm³/mol. The minimum absolute atomic E-state index is 0.212. The van der Waals surface area contributed by atoms with Gasteiger partial charge in [0.05, 0.1) is 24.7 Å². The SMILES string of the molecule is CCOC(=O)N1CCC2(CC1)[C@H](C(=O)C13CC4CC(CC(C4)C1)C3)C2(C#N)C#N. The molecule has 0 N–H and O–H groups in total. The molecular weight excluding hydrogens is 366 g/mol. The maximum atomic E-state index is 14.0. The molecule has 6 aliphatic rings. The quantitative estimate of drug-likeness (QED) is 0.727. The normalized spacial score (nSPS) is 40.2. The first-order chi connectivity index (χ1) is 13.9. The number of hydrogen-bond acceptors (Lipinski definition) is 5. The van der Waals surface area contributed by atoms with Crippen molar-refractivity contribution >= 4 is 11.9 Å². The summed E-state index contributed by atoms with van der Waals surface area (Å²) in [4.78, 5) is 27.7. The van der Waals surface area contributed by atoms with Gasteiger partial charge in [0, 0.05) is 23.9 Å². The van der Waals surface area contributed by atoms with Crippen molar-refractivity contribution in [2.24, 2.45) is 39.9 Å². The van der Waals surface area contributed by atoms with Crippen molar-refractivity contribution in [1.29, 1.82) is 10.5 Å². The van der Waals surface area contributed by atoms with Crippen molar-refractivity contribution in [2.45, 2.75) is 58.3 Å². The van der Waals surface area contributed by atoms with Crippen LogP contribution in [-0.2, 0) is 9.53 Å². The molecule has 6 rings (SSSR count). The lowest BCUT2D eigenvalue weighted by Gasteiger charge is -2.56. The molecule has 1 atom stereocenters. The van der Waals surface area contributed by atoms with Crippen LogP contribution in [-0.4, -0.2) is 36.5 Å². The summed E-state index contributed by atoms with van der Waals surface area (Å²) in [5.74, 6) is 1.70. The van der Waals surface area contributed by atoms with Crippen LogP contribution in [0.15, 0.2) is 0 Å². The second-order valence-electron chi connectivity index (χ2n) is 10.4. The van der Waals surface area contributed by atoms with E-state index in [2.05, 4.69) is 12.1 Å². The van der Waals surface area contributed by atoms with Crippen molar-refractivity contribution in [3.8, 4) is 12.1 Å². The largest absolute Gasteiger partial charge is 0.450 e. The van der Waals surface area contributed by atoms with Crippen molar-refractivity contribution in [3.05, 3.63) is 0 Å². The van der Waals surface area contributed by atoms with Gasteiger partial charge in [-0.15, -0.1) is 0 Å². The maximum absolute atomic E-state index is 14.0. The van der Waals surface area contributed by atoms with Crippen LogP contribution >= 0.6 is 0 Å². The Balaban J connectivity index is 1.40. The Morgan fingerprint density at radius 2 is 1.52 bits per heavy atom. The molecule has 29 heavy (non-hydrogen) atoms. The third kappa shape index (κ3) is 2.38. The third-order valence-electron chi connectivity index (χ3n) is 9.05. The second kappa shape index (κ2) is 6.21. The first-order valence-corrected chi connectivity index (χ1v) is 11.2. The number of rotatable bonds is 3. The Morgan fingerprint density at radius 1 is 1.00 bits per heavy atom. The second-order valence-corrected chi connectivity index (χ2v) is 10.4. The summed E-state index contributed by atoms with van der Waals surface area (Å²) in [6, 6.07) is 4.56. The molecule has 6 fully saturated rings. The van der Waals surface area contributed by atoms with E-state index < -0.39 is 16.7 Å². The van der Waals surface area contributed by atoms with E-state index in [1.165, 1.54) is 19.3 Å². The van der Waals surface area contributed by atoms with Gasteiger partial charge in [0.25, 0.3) is 0 Å². The number of hydrogen-bond donors (Lipinski definition) is 0. The number of likely N-dealkylation sites (tertiary alicyclic amines) is 1. The van der Waals surface area contributed by atoms with Crippen molar-refractivity contribution in [3.63, 3.8) is 0 Å². The topological polar surface area (TPSA) is 94.2 Å². The van der Waals surface area contributed by atoms with E-state index in [-0.39, 0.29) is 17.3 Å². The van der Waals surface area contributed by atoms with E-state index >= 15 is 0 Å². The molecule has 154 valence electrons. The van der Waals surface area contributed by atoms with Gasteiger partial charge < -0.3 is 9.64 Å². The van der Waals surface area contributed by atoms with Gasteiger partial charge in [-0.25, -0.2) is 4.79 Å². The third-order valence-corrected chi connectivity index (χ3v) is 9.05. The Hall–Kier alpha value is -2.08. The van der Waals surface area contributed by atoms with Crippen molar-refractivity contribution in [2.75, 3.05) is 19.7 Å². The van der Waals surface area contributed by atoms with Crippen LogP contribution in [0.1, 0.15) is 58.3 Å². The van der Waals surface area contributed by atoms with Crippen LogP contribution < -0.4 is 0 Å². The molecule has 4 bridgehead atoms. The van der Waals surface area contributed by atoms with Gasteiger partial charge in [-0.1, -0.05) is 0 Å². The first-order valence-electron chi connectivity index (χ1n) is 11.2.